The van der Waals surface area contributed by atoms with E-state index in [0.717, 1.165) is 42.1 Å². The Morgan fingerprint density at radius 1 is 1.31 bits per heavy atom. The third-order valence-electron chi connectivity index (χ3n) is 4.29. The fourth-order valence-electron chi connectivity index (χ4n) is 2.96. The highest BCUT2D eigenvalue weighted by molar-refractivity contribution is 7.17. The van der Waals surface area contributed by atoms with Gasteiger partial charge in [-0.2, -0.15) is 0 Å². The number of thiophene rings is 1. The Kier molecular flexibility index (Phi) is 6.97. The first-order valence-corrected chi connectivity index (χ1v) is 9.11. The van der Waals surface area contributed by atoms with Crippen LogP contribution in [0.15, 0.2) is 36.4 Å². The molecule has 2 aromatic rings. The highest BCUT2D eigenvalue weighted by Gasteiger charge is 2.26. The van der Waals surface area contributed by atoms with Gasteiger partial charge in [-0.05, 0) is 30.2 Å². The molecule has 7 heteroatoms. The zero-order valence-corrected chi connectivity index (χ0v) is 16.2. The number of nitrogens with one attached hydrogen (secondary N) is 1. The summed E-state index contributed by atoms with van der Waals surface area (Å²) in [5.74, 6) is -0.748. The van der Waals surface area contributed by atoms with Crippen LogP contribution in [0, 0.1) is 0 Å². The number of hydrogen-bond acceptors (Lipinski definition) is 4. The molecule has 0 bridgehead atoms. The van der Waals surface area contributed by atoms with Gasteiger partial charge in [-0.25, -0.2) is 0 Å². The second kappa shape index (κ2) is 8.98. The van der Waals surface area contributed by atoms with E-state index in [1.54, 1.807) is 6.08 Å². The van der Waals surface area contributed by atoms with Gasteiger partial charge >= 0.3 is 0 Å². The van der Waals surface area contributed by atoms with Crippen molar-refractivity contribution in [3.8, 4) is 0 Å². The van der Waals surface area contributed by atoms with E-state index in [1.165, 1.54) is 17.4 Å². The molecule has 0 spiro atoms. The van der Waals surface area contributed by atoms with Crippen LogP contribution in [0.5, 0.6) is 0 Å². The standard InChI is InChI=1S/C19H21N3O2S.ClH/c1-2-22-11-10-14-15(12-22)25-19(17(14)18(20)24)21-16(23)9-8-13-6-4-3-5-7-13;/h3-9H,2,10-12H2,1H3,(H2,20,24)(H,21,23);1H/b9-8+;. The summed E-state index contributed by atoms with van der Waals surface area (Å²) in [5.41, 5.74) is 7.98. The monoisotopic (exact) mass is 391 g/mol. The summed E-state index contributed by atoms with van der Waals surface area (Å²) in [6.07, 6.45) is 4.00. The number of amides is 2. The molecule has 0 saturated carbocycles. The minimum atomic E-state index is -0.482. The summed E-state index contributed by atoms with van der Waals surface area (Å²) in [6.45, 7) is 4.78. The second-order valence-electron chi connectivity index (χ2n) is 5.92. The summed E-state index contributed by atoms with van der Waals surface area (Å²) >= 11 is 1.45. The van der Waals surface area contributed by atoms with E-state index in [4.69, 9.17) is 5.73 Å². The number of hydrogen-bond donors (Lipinski definition) is 2. The van der Waals surface area contributed by atoms with Crippen molar-refractivity contribution in [1.82, 2.24) is 4.90 Å². The number of nitrogens with zero attached hydrogens (tertiary/aromatic N) is 1. The van der Waals surface area contributed by atoms with Crippen LogP contribution in [-0.4, -0.2) is 29.8 Å². The van der Waals surface area contributed by atoms with Crippen molar-refractivity contribution in [2.75, 3.05) is 18.4 Å². The minimum Gasteiger partial charge on any atom is -0.365 e. The molecule has 138 valence electrons. The van der Waals surface area contributed by atoms with Crippen LogP contribution in [0.2, 0.25) is 0 Å². The maximum absolute atomic E-state index is 12.2. The van der Waals surface area contributed by atoms with Crippen LogP contribution in [0.4, 0.5) is 5.00 Å². The number of fused-ring (bicyclic) bond motifs is 1. The van der Waals surface area contributed by atoms with Crippen LogP contribution < -0.4 is 11.1 Å². The van der Waals surface area contributed by atoms with Crippen molar-refractivity contribution in [3.05, 3.63) is 58.0 Å². The van der Waals surface area contributed by atoms with E-state index in [-0.39, 0.29) is 18.3 Å². The van der Waals surface area contributed by atoms with Gasteiger partial charge in [0.1, 0.15) is 5.00 Å². The number of benzene rings is 1. The lowest BCUT2D eigenvalue weighted by molar-refractivity contribution is -0.111. The molecular formula is C19H22ClN3O2S. The highest BCUT2D eigenvalue weighted by Crippen LogP contribution is 2.36. The number of rotatable bonds is 5. The predicted molar refractivity (Wildman–Crippen MR) is 109 cm³/mol. The first-order valence-electron chi connectivity index (χ1n) is 8.29. The molecule has 5 nitrogen and oxygen atoms in total. The molecule has 0 aliphatic carbocycles. The van der Waals surface area contributed by atoms with Crippen LogP contribution in [-0.2, 0) is 17.8 Å². The van der Waals surface area contributed by atoms with Gasteiger partial charge in [0.2, 0.25) is 5.91 Å². The first-order chi connectivity index (χ1) is 12.1. The maximum Gasteiger partial charge on any atom is 0.251 e. The van der Waals surface area contributed by atoms with E-state index in [0.29, 0.717) is 10.6 Å². The average Bonchev–Trinajstić information content (AvgIpc) is 2.97. The Morgan fingerprint density at radius 2 is 2.04 bits per heavy atom. The van der Waals surface area contributed by atoms with E-state index in [1.807, 2.05) is 30.3 Å². The fourth-order valence-corrected chi connectivity index (χ4v) is 4.26. The predicted octanol–water partition coefficient (Wildman–Crippen LogP) is 3.30. The van der Waals surface area contributed by atoms with Crippen molar-refractivity contribution in [3.63, 3.8) is 0 Å². The summed E-state index contributed by atoms with van der Waals surface area (Å²) in [6, 6.07) is 9.58. The van der Waals surface area contributed by atoms with E-state index in [2.05, 4.69) is 17.1 Å². The third kappa shape index (κ3) is 4.52. The molecule has 3 rings (SSSR count). The number of likely N-dealkylation sites (N-methyl/N-ethyl adjacent to an activating group) is 1. The lowest BCUT2D eigenvalue weighted by Gasteiger charge is -2.25. The Labute approximate surface area is 163 Å². The summed E-state index contributed by atoms with van der Waals surface area (Å²) in [5, 5.41) is 3.38. The van der Waals surface area contributed by atoms with Gasteiger partial charge < -0.3 is 11.1 Å². The van der Waals surface area contributed by atoms with Crippen molar-refractivity contribution in [2.24, 2.45) is 5.73 Å². The molecule has 0 fully saturated rings. The van der Waals surface area contributed by atoms with Crippen molar-refractivity contribution in [1.29, 1.82) is 0 Å². The van der Waals surface area contributed by atoms with Gasteiger partial charge in [0.25, 0.3) is 5.91 Å². The van der Waals surface area contributed by atoms with Gasteiger partial charge in [0, 0.05) is 24.0 Å². The molecule has 0 atom stereocenters. The van der Waals surface area contributed by atoms with Crippen molar-refractivity contribution in [2.45, 2.75) is 19.9 Å². The summed E-state index contributed by atoms with van der Waals surface area (Å²) in [4.78, 5) is 27.6. The number of carbonyl (C=O) groups is 2. The quantitative estimate of drug-likeness (QED) is 0.768. The zero-order chi connectivity index (χ0) is 17.8. The topological polar surface area (TPSA) is 75.4 Å². The number of halogens is 1. The first kappa shape index (κ1) is 20.2. The van der Waals surface area contributed by atoms with Crippen LogP contribution in [0.1, 0.15) is 33.3 Å². The van der Waals surface area contributed by atoms with Gasteiger partial charge in [0.15, 0.2) is 0 Å². The van der Waals surface area contributed by atoms with Crippen LogP contribution >= 0.6 is 23.7 Å². The molecule has 1 aromatic heterocycles. The van der Waals surface area contributed by atoms with Crippen molar-refractivity contribution < 1.29 is 9.59 Å². The van der Waals surface area contributed by atoms with Gasteiger partial charge in [-0.15, -0.1) is 23.7 Å². The lowest BCUT2D eigenvalue weighted by atomic mass is 10.0. The molecule has 0 unspecified atom stereocenters. The fraction of sp³-hybridized carbons (Fsp3) is 0.263. The maximum atomic E-state index is 12.2. The SMILES string of the molecule is CCN1CCc2c(sc(NC(=O)/C=C/c3ccccc3)c2C(N)=O)C1.Cl. The average molecular weight is 392 g/mol. The van der Waals surface area contributed by atoms with E-state index in [9.17, 15) is 9.59 Å². The third-order valence-corrected chi connectivity index (χ3v) is 5.43. The molecular weight excluding hydrogens is 370 g/mol. The molecule has 2 heterocycles. The number of carbonyl (C=O) groups excluding carboxylic acids is 2. The molecule has 26 heavy (non-hydrogen) atoms. The van der Waals surface area contributed by atoms with Gasteiger partial charge in [-0.1, -0.05) is 37.3 Å². The Hall–Kier alpha value is -2.15. The smallest absolute Gasteiger partial charge is 0.251 e. The molecule has 0 radical (unpaired) electrons. The Balaban J connectivity index is 0.00000243. The largest absolute Gasteiger partial charge is 0.365 e. The van der Waals surface area contributed by atoms with E-state index < -0.39 is 5.91 Å². The molecule has 3 N–H and O–H groups in total. The number of anilines is 1. The molecule has 1 aliphatic rings. The second-order valence-corrected chi connectivity index (χ2v) is 7.03. The lowest BCUT2D eigenvalue weighted by Crippen LogP contribution is -2.30. The molecule has 0 saturated heterocycles. The normalized spacial score (nSPS) is 13.9. The van der Waals surface area contributed by atoms with E-state index >= 15 is 0 Å². The highest BCUT2D eigenvalue weighted by atomic mass is 35.5. The van der Waals surface area contributed by atoms with Crippen LogP contribution in [0.25, 0.3) is 6.08 Å². The summed E-state index contributed by atoms with van der Waals surface area (Å²) < 4.78 is 0. The number of nitrogens with two attached hydrogens (primary N) is 1. The molecule has 1 aromatic carbocycles. The van der Waals surface area contributed by atoms with Crippen molar-refractivity contribution >= 4 is 46.6 Å². The zero-order valence-electron chi connectivity index (χ0n) is 14.5. The summed E-state index contributed by atoms with van der Waals surface area (Å²) in [7, 11) is 0. The Bertz CT molecular complexity index is 818. The molecule has 1 aliphatic heterocycles. The van der Waals surface area contributed by atoms with Crippen LogP contribution in [0.3, 0.4) is 0 Å². The minimum absolute atomic E-state index is 0. The Morgan fingerprint density at radius 3 is 2.69 bits per heavy atom. The molecule has 2 amide bonds. The van der Waals surface area contributed by atoms with Gasteiger partial charge in [-0.3, -0.25) is 14.5 Å². The number of primary amides is 1. The van der Waals surface area contributed by atoms with Gasteiger partial charge in [0.05, 0.1) is 5.56 Å².